The molecule has 0 atom stereocenters. The molecule has 0 aliphatic carbocycles. The van der Waals surface area contributed by atoms with E-state index >= 15 is 0 Å². The molecule has 0 aromatic rings. The maximum absolute atomic E-state index is 3.71. The van der Waals surface area contributed by atoms with Gasteiger partial charge in [-0.15, -0.1) is 0 Å². The summed E-state index contributed by atoms with van der Waals surface area (Å²) in [7, 11) is 0. The molecule has 0 fully saturated rings. The summed E-state index contributed by atoms with van der Waals surface area (Å²) in [5.74, 6) is 0. The Balaban J connectivity index is 3.45. The average Bonchev–Trinajstić information content (AvgIpc) is 2.03. The average molecular weight is 164 g/mol. The highest BCUT2D eigenvalue weighted by Gasteiger charge is 1.83. The van der Waals surface area contributed by atoms with Gasteiger partial charge in [0.1, 0.15) is 0 Å². The van der Waals surface area contributed by atoms with E-state index in [1.165, 1.54) is 30.4 Å². The van der Waals surface area contributed by atoms with Crippen LogP contribution in [0.4, 0.5) is 0 Å². The molecule has 0 aromatic carbocycles. The first-order valence-corrected chi connectivity index (χ1v) is 4.59. The van der Waals surface area contributed by atoms with Crippen molar-refractivity contribution in [2.24, 2.45) is 0 Å². The standard InChI is InChI=1S/C12H20/c1-5-12(4)10-8-6-7-9-11(2)3/h5,9-10H,1,6-8H2,2-4H3. The van der Waals surface area contributed by atoms with Crippen LogP contribution in [0.3, 0.4) is 0 Å². The first-order chi connectivity index (χ1) is 5.66. The summed E-state index contributed by atoms with van der Waals surface area (Å²) in [6.45, 7) is 10.1. The number of allylic oxidation sites excluding steroid dienone is 5. The molecule has 0 spiro atoms. The first-order valence-electron chi connectivity index (χ1n) is 4.59. The van der Waals surface area contributed by atoms with Gasteiger partial charge in [0.2, 0.25) is 0 Å². The van der Waals surface area contributed by atoms with E-state index in [1.807, 2.05) is 6.08 Å². The molecular weight excluding hydrogens is 144 g/mol. The van der Waals surface area contributed by atoms with Crippen LogP contribution in [0.15, 0.2) is 36.0 Å². The second kappa shape index (κ2) is 6.90. The van der Waals surface area contributed by atoms with Gasteiger partial charge in [0.05, 0.1) is 0 Å². The van der Waals surface area contributed by atoms with E-state index < -0.39 is 0 Å². The third-order valence-corrected chi connectivity index (χ3v) is 1.75. The van der Waals surface area contributed by atoms with Gasteiger partial charge in [-0.25, -0.2) is 0 Å². The third-order valence-electron chi connectivity index (χ3n) is 1.75. The summed E-state index contributed by atoms with van der Waals surface area (Å²) in [5, 5.41) is 0. The Morgan fingerprint density at radius 1 is 1.08 bits per heavy atom. The molecule has 0 N–H and O–H groups in total. The van der Waals surface area contributed by atoms with Crippen LogP contribution in [0.1, 0.15) is 40.0 Å². The molecule has 0 rings (SSSR count). The van der Waals surface area contributed by atoms with E-state index in [0.29, 0.717) is 0 Å². The van der Waals surface area contributed by atoms with Crippen LogP contribution in [0.25, 0.3) is 0 Å². The molecule has 0 unspecified atom stereocenters. The van der Waals surface area contributed by atoms with Crippen LogP contribution in [0, 0.1) is 0 Å². The molecule has 0 radical (unpaired) electrons. The predicted octanol–water partition coefficient (Wildman–Crippen LogP) is 4.26. The number of unbranched alkanes of at least 4 members (excludes halogenated alkanes) is 2. The van der Waals surface area contributed by atoms with Crippen molar-refractivity contribution in [3.8, 4) is 0 Å². The largest absolute Gasteiger partial charge is 0.0988 e. The lowest BCUT2D eigenvalue weighted by Crippen LogP contribution is -1.73. The van der Waals surface area contributed by atoms with Crippen molar-refractivity contribution in [2.45, 2.75) is 40.0 Å². The molecular formula is C12H20. The summed E-state index contributed by atoms with van der Waals surface area (Å²) >= 11 is 0. The highest BCUT2D eigenvalue weighted by atomic mass is 13.9. The minimum atomic E-state index is 1.17. The van der Waals surface area contributed by atoms with E-state index in [1.54, 1.807) is 0 Å². The monoisotopic (exact) mass is 164 g/mol. The van der Waals surface area contributed by atoms with Gasteiger partial charge in [-0.1, -0.05) is 36.0 Å². The minimum Gasteiger partial charge on any atom is -0.0988 e. The second-order valence-electron chi connectivity index (χ2n) is 3.36. The Hall–Kier alpha value is -0.780. The normalized spacial score (nSPS) is 11.1. The third kappa shape index (κ3) is 7.33. The van der Waals surface area contributed by atoms with Gasteiger partial charge in [-0.05, 0) is 40.0 Å². The lowest BCUT2D eigenvalue weighted by Gasteiger charge is -1.93. The fraction of sp³-hybridized carbons (Fsp3) is 0.500. The molecule has 0 bridgehead atoms. The SMILES string of the molecule is C=CC(C)=CCCCC=C(C)C. The van der Waals surface area contributed by atoms with Crippen molar-refractivity contribution in [1.82, 2.24) is 0 Å². The molecule has 0 aliphatic rings. The van der Waals surface area contributed by atoms with Gasteiger partial charge in [0.15, 0.2) is 0 Å². The van der Waals surface area contributed by atoms with Crippen LogP contribution in [0.2, 0.25) is 0 Å². The zero-order valence-corrected chi connectivity index (χ0v) is 8.56. The molecule has 68 valence electrons. The maximum atomic E-state index is 3.71. The van der Waals surface area contributed by atoms with E-state index in [9.17, 15) is 0 Å². The smallest absolute Gasteiger partial charge is 0.0342 e. The van der Waals surface area contributed by atoms with Crippen molar-refractivity contribution >= 4 is 0 Å². The zero-order valence-electron chi connectivity index (χ0n) is 8.56. The molecule has 0 heterocycles. The summed E-state index contributed by atoms with van der Waals surface area (Å²) in [6, 6.07) is 0. The van der Waals surface area contributed by atoms with Crippen LogP contribution >= 0.6 is 0 Å². The van der Waals surface area contributed by atoms with E-state index in [0.717, 1.165) is 0 Å². The van der Waals surface area contributed by atoms with Gasteiger partial charge in [0, 0.05) is 0 Å². The number of rotatable bonds is 5. The lowest BCUT2D eigenvalue weighted by atomic mass is 10.1. The fourth-order valence-electron chi connectivity index (χ4n) is 0.922. The van der Waals surface area contributed by atoms with Crippen molar-refractivity contribution in [1.29, 1.82) is 0 Å². The highest BCUT2D eigenvalue weighted by molar-refractivity contribution is 5.12. The van der Waals surface area contributed by atoms with Crippen molar-refractivity contribution in [3.63, 3.8) is 0 Å². The Morgan fingerprint density at radius 3 is 2.17 bits per heavy atom. The quantitative estimate of drug-likeness (QED) is 0.323. The van der Waals surface area contributed by atoms with Gasteiger partial charge in [-0.3, -0.25) is 0 Å². The maximum Gasteiger partial charge on any atom is -0.0342 e. The van der Waals surface area contributed by atoms with Crippen molar-refractivity contribution in [2.75, 3.05) is 0 Å². The van der Waals surface area contributed by atoms with Crippen molar-refractivity contribution in [3.05, 3.63) is 36.0 Å². The summed E-state index contributed by atoms with van der Waals surface area (Å²) in [6.07, 6.45) is 10.0. The Kier molecular flexibility index (Phi) is 6.45. The minimum absolute atomic E-state index is 1.17. The Morgan fingerprint density at radius 2 is 1.67 bits per heavy atom. The molecule has 0 amide bonds. The van der Waals surface area contributed by atoms with Gasteiger partial charge >= 0.3 is 0 Å². The van der Waals surface area contributed by atoms with Gasteiger partial charge in [-0.2, -0.15) is 0 Å². The van der Waals surface area contributed by atoms with E-state index in [4.69, 9.17) is 0 Å². The van der Waals surface area contributed by atoms with E-state index in [-0.39, 0.29) is 0 Å². The molecule has 0 heteroatoms. The predicted molar refractivity (Wildman–Crippen MR) is 57.2 cm³/mol. The topological polar surface area (TPSA) is 0 Å². The van der Waals surface area contributed by atoms with E-state index in [2.05, 4.69) is 39.5 Å². The second-order valence-corrected chi connectivity index (χ2v) is 3.36. The Labute approximate surface area is 76.7 Å². The molecule has 0 aliphatic heterocycles. The van der Waals surface area contributed by atoms with Crippen LogP contribution < -0.4 is 0 Å². The highest BCUT2D eigenvalue weighted by Crippen LogP contribution is 2.04. The van der Waals surface area contributed by atoms with Crippen molar-refractivity contribution < 1.29 is 0 Å². The first kappa shape index (κ1) is 11.2. The summed E-state index contributed by atoms with van der Waals surface area (Å²) in [4.78, 5) is 0. The summed E-state index contributed by atoms with van der Waals surface area (Å²) in [5.41, 5.74) is 2.70. The molecule has 0 aromatic heterocycles. The number of hydrogen-bond donors (Lipinski definition) is 0. The Bertz CT molecular complexity index is 178. The lowest BCUT2D eigenvalue weighted by molar-refractivity contribution is 0.859. The molecule has 0 saturated carbocycles. The van der Waals surface area contributed by atoms with Crippen LogP contribution in [0.5, 0.6) is 0 Å². The summed E-state index contributed by atoms with van der Waals surface area (Å²) < 4.78 is 0. The molecule has 0 nitrogen and oxygen atoms in total. The fourth-order valence-corrected chi connectivity index (χ4v) is 0.922. The van der Waals surface area contributed by atoms with Crippen LogP contribution in [-0.2, 0) is 0 Å². The molecule has 12 heavy (non-hydrogen) atoms. The van der Waals surface area contributed by atoms with Crippen LogP contribution in [-0.4, -0.2) is 0 Å². The number of hydrogen-bond acceptors (Lipinski definition) is 0. The molecule has 0 saturated heterocycles. The zero-order chi connectivity index (χ0) is 9.40. The van der Waals surface area contributed by atoms with Gasteiger partial charge in [0.25, 0.3) is 0 Å². The van der Waals surface area contributed by atoms with Gasteiger partial charge < -0.3 is 0 Å².